The van der Waals surface area contributed by atoms with E-state index < -0.39 is 17.0 Å². The van der Waals surface area contributed by atoms with Crippen LogP contribution in [-0.4, -0.2) is 53.7 Å². The molecule has 4 aromatic rings. The molecule has 0 saturated heterocycles. The van der Waals surface area contributed by atoms with Gasteiger partial charge in [0, 0.05) is 52.4 Å². The fraction of sp³-hybridized carbons (Fsp3) is 0.300. The van der Waals surface area contributed by atoms with Crippen LogP contribution in [-0.2, 0) is 4.79 Å². The van der Waals surface area contributed by atoms with Crippen molar-refractivity contribution in [1.29, 1.82) is 0 Å². The Bertz CT molecular complexity index is 1780. The molecule has 194 valence electrons. The van der Waals surface area contributed by atoms with Crippen molar-refractivity contribution in [1.82, 2.24) is 24.4 Å². The number of aliphatic imine (C=N–C) groups is 1. The number of nitrogens with zero attached hydrogens (tertiary/aromatic N) is 6. The van der Waals surface area contributed by atoms with E-state index in [2.05, 4.69) is 36.4 Å². The predicted molar refractivity (Wildman–Crippen MR) is 150 cm³/mol. The summed E-state index contributed by atoms with van der Waals surface area (Å²) in [6.07, 6.45) is 16.0. The fourth-order valence-electron chi connectivity index (χ4n) is 7.12. The molecule has 9 heteroatoms. The zero-order chi connectivity index (χ0) is 26.9. The number of allylic oxidation sites excluding steroid dienone is 1. The molecule has 39 heavy (non-hydrogen) atoms. The first kappa shape index (κ1) is 23.6. The summed E-state index contributed by atoms with van der Waals surface area (Å²) in [5.74, 6) is 2.97. The average Bonchev–Trinajstić information content (AvgIpc) is 3.60. The molecule has 2 aliphatic carbocycles. The third kappa shape index (κ3) is 3.35. The van der Waals surface area contributed by atoms with E-state index in [4.69, 9.17) is 22.9 Å². The summed E-state index contributed by atoms with van der Waals surface area (Å²) in [7, 11) is 0. The number of hydrogen-bond donors (Lipinski definition) is 2. The molecule has 4 atom stereocenters. The molecule has 2 bridgehead atoms. The third-order valence-electron chi connectivity index (χ3n) is 8.89. The van der Waals surface area contributed by atoms with Gasteiger partial charge >= 0.3 is 0 Å². The maximum atomic E-state index is 12.0. The van der Waals surface area contributed by atoms with Crippen molar-refractivity contribution in [3.8, 4) is 23.7 Å². The van der Waals surface area contributed by atoms with Crippen molar-refractivity contribution in [2.75, 3.05) is 6.54 Å². The Morgan fingerprint density at radius 1 is 1.15 bits per heavy atom. The molecule has 4 N–H and O–H groups in total. The normalized spacial score (nSPS) is 28.0. The summed E-state index contributed by atoms with van der Waals surface area (Å²) in [6, 6.07) is 11.9. The monoisotopic (exact) mass is 516 g/mol. The summed E-state index contributed by atoms with van der Waals surface area (Å²) in [6.45, 7) is 2.32. The highest BCUT2D eigenvalue weighted by Gasteiger charge is 2.67. The van der Waals surface area contributed by atoms with Crippen molar-refractivity contribution < 1.29 is 4.79 Å². The quantitative estimate of drug-likeness (QED) is 0.401. The molecule has 7 rings (SSSR count). The lowest BCUT2D eigenvalue weighted by atomic mass is 9.76. The minimum Gasteiger partial charge on any atom is -0.364 e. The van der Waals surface area contributed by atoms with Crippen LogP contribution < -0.4 is 11.5 Å². The van der Waals surface area contributed by atoms with E-state index >= 15 is 0 Å². The molecule has 3 aromatic heterocycles. The van der Waals surface area contributed by atoms with Crippen LogP contribution in [0.4, 0.5) is 0 Å². The van der Waals surface area contributed by atoms with E-state index in [9.17, 15) is 4.79 Å². The van der Waals surface area contributed by atoms with Crippen LogP contribution in [0.2, 0.25) is 0 Å². The lowest BCUT2D eigenvalue weighted by Gasteiger charge is -2.47. The van der Waals surface area contributed by atoms with Crippen LogP contribution in [0.25, 0.3) is 33.3 Å². The maximum Gasteiger partial charge on any atom is 0.264 e. The van der Waals surface area contributed by atoms with Gasteiger partial charge in [-0.05, 0) is 44.4 Å². The number of benzene rings is 1. The molecule has 4 heterocycles. The van der Waals surface area contributed by atoms with Gasteiger partial charge in [0.2, 0.25) is 0 Å². The number of nitrogens with two attached hydrogens (primary N) is 2. The lowest BCUT2D eigenvalue weighted by Crippen LogP contribution is -2.55. The summed E-state index contributed by atoms with van der Waals surface area (Å²) in [5.41, 5.74) is 15.7. The zero-order valence-electron chi connectivity index (χ0n) is 21.6. The Hall–Kier alpha value is -4.55. The molecule has 4 unspecified atom stereocenters. The van der Waals surface area contributed by atoms with Gasteiger partial charge in [-0.3, -0.25) is 14.8 Å². The summed E-state index contributed by atoms with van der Waals surface area (Å²) < 4.78 is 2.15. The van der Waals surface area contributed by atoms with Crippen LogP contribution in [0.1, 0.15) is 32.2 Å². The number of carbonyl (C=O) groups is 1. The highest BCUT2D eigenvalue weighted by atomic mass is 16.1. The first-order valence-corrected chi connectivity index (χ1v) is 13.1. The molecular formula is C30H28N8O. The molecule has 2 saturated carbocycles. The van der Waals surface area contributed by atoms with Crippen molar-refractivity contribution in [2.45, 2.75) is 43.3 Å². The SMILES string of the molecule is C#CC1C(n2ccc3cnc(-c4cnc5ccccc5c4)nc32)C2(N)CCC1(N1CC(C(N)=O)=NC=C1C)C2. The van der Waals surface area contributed by atoms with Gasteiger partial charge in [0.25, 0.3) is 5.91 Å². The van der Waals surface area contributed by atoms with E-state index in [-0.39, 0.29) is 12.0 Å². The minimum atomic E-state index is -0.541. The molecule has 1 amide bonds. The standard InChI is InChI=1S/C30H28N8O/c1-3-22-25(29(32)9-10-30(22,17-29)38-16-24(26(31)39)33-13-18(38)2)37-11-8-20-14-35-27(36-28(20)37)21-12-19-6-4-5-7-23(19)34-15-21/h1,4-8,11-15,22,25H,9-10,16-17,32H2,2H3,(H2,31,39). The number of pyridine rings is 1. The third-order valence-corrected chi connectivity index (χ3v) is 8.89. The number of aromatic nitrogens is 4. The van der Waals surface area contributed by atoms with Crippen molar-refractivity contribution in [3.63, 3.8) is 0 Å². The van der Waals surface area contributed by atoms with Gasteiger partial charge in [-0.1, -0.05) is 24.1 Å². The van der Waals surface area contributed by atoms with E-state index in [1.165, 1.54) is 0 Å². The molecule has 0 radical (unpaired) electrons. The van der Waals surface area contributed by atoms with E-state index in [0.29, 0.717) is 24.5 Å². The minimum absolute atomic E-state index is 0.185. The Kier molecular flexibility index (Phi) is 4.97. The van der Waals surface area contributed by atoms with Crippen molar-refractivity contribution in [2.24, 2.45) is 22.4 Å². The Morgan fingerprint density at radius 2 is 2.00 bits per heavy atom. The van der Waals surface area contributed by atoms with Crippen LogP contribution in [0.5, 0.6) is 0 Å². The second kappa shape index (κ2) is 8.22. The average molecular weight is 517 g/mol. The van der Waals surface area contributed by atoms with Gasteiger partial charge < -0.3 is 20.9 Å². The molecule has 9 nitrogen and oxygen atoms in total. The number of para-hydroxylation sites is 1. The molecule has 1 aromatic carbocycles. The Morgan fingerprint density at radius 3 is 2.82 bits per heavy atom. The number of amides is 1. The summed E-state index contributed by atoms with van der Waals surface area (Å²) in [5, 5.41) is 1.95. The van der Waals surface area contributed by atoms with Gasteiger partial charge in [0.05, 0.1) is 29.6 Å². The lowest BCUT2D eigenvalue weighted by molar-refractivity contribution is -0.112. The molecule has 0 spiro atoms. The zero-order valence-corrected chi connectivity index (χ0v) is 21.6. The topological polar surface area (TPSA) is 128 Å². The van der Waals surface area contributed by atoms with E-state index in [1.807, 2.05) is 49.6 Å². The van der Waals surface area contributed by atoms with Gasteiger partial charge in [0.1, 0.15) is 11.4 Å². The smallest absolute Gasteiger partial charge is 0.264 e. The van der Waals surface area contributed by atoms with E-state index in [0.717, 1.165) is 46.0 Å². The highest BCUT2D eigenvalue weighted by Crippen LogP contribution is 2.61. The first-order chi connectivity index (χ1) is 18.8. The molecular weight excluding hydrogens is 488 g/mol. The predicted octanol–water partition coefficient (Wildman–Crippen LogP) is 3.17. The number of primary amides is 1. The van der Waals surface area contributed by atoms with Gasteiger partial charge in [-0.2, -0.15) is 0 Å². The molecule has 1 aliphatic heterocycles. The number of carbonyl (C=O) groups excluding carboxylic acids is 1. The number of terminal acetylenes is 1. The Labute approximate surface area is 225 Å². The second-order valence-corrected chi connectivity index (χ2v) is 11.0. The van der Waals surface area contributed by atoms with Crippen LogP contribution >= 0.6 is 0 Å². The van der Waals surface area contributed by atoms with Gasteiger partial charge in [0.15, 0.2) is 5.82 Å². The van der Waals surface area contributed by atoms with E-state index in [1.54, 1.807) is 12.4 Å². The highest BCUT2D eigenvalue weighted by molar-refractivity contribution is 6.39. The maximum absolute atomic E-state index is 12.0. The Balaban J connectivity index is 1.32. The van der Waals surface area contributed by atoms with Crippen LogP contribution in [0, 0.1) is 18.3 Å². The van der Waals surface area contributed by atoms with Gasteiger partial charge in [-0.25, -0.2) is 9.97 Å². The van der Waals surface area contributed by atoms with Crippen molar-refractivity contribution >= 4 is 33.6 Å². The number of hydrogen-bond acceptors (Lipinski definition) is 7. The summed E-state index contributed by atoms with van der Waals surface area (Å²) >= 11 is 0. The van der Waals surface area contributed by atoms with Crippen LogP contribution in [0.15, 0.2) is 71.9 Å². The van der Waals surface area contributed by atoms with Crippen LogP contribution in [0.3, 0.4) is 0 Å². The number of rotatable bonds is 4. The molecule has 3 aliphatic rings. The molecule has 2 fully saturated rings. The number of fused-ring (bicyclic) bond motifs is 4. The first-order valence-electron chi connectivity index (χ1n) is 13.1. The summed E-state index contributed by atoms with van der Waals surface area (Å²) in [4.78, 5) is 32.7. The van der Waals surface area contributed by atoms with Gasteiger partial charge in [-0.15, -0.1) is 6.42 Å². The van der Waals surface area contributed by atoms with Crippen molar-refractivity contribution in [3.05, 3.63) is 66.9 Å². The second-order valence-electron chi connectivity index (χ2n) is 11.0. The largest absolute Gasteiger partial charge is 0.364 e. The fourth-order valence-corrected chi connectivity index (χ4v) is 7.12.